The van der Waals surface area contributed by atoms with Crippen molar-refractivity contribution in [1.29, 1.82) is 0 Å². The van der Waals surface area contributed by atoms with Crippen molar-refractivity contribution in [3.05, 3.63) is 0 Å². The Balaban J connectivity index is 0.000000240. The van der Waals surface area contributed by atoms with Crippen LogP contribution in [-0.2, 0) is 19.1 Å². The molecule has 2 unspecified atom stereocenters. The lowest BCUT2D eigenvalue weighted by Gasteiger charge is -2.23. The molecule has 2 aliphatic heterocycles. The Morgan fingerprint density at radius 2 is 0.795 bits per heavy atom. The Labute approximate surface area is 252 Å². The third kappa shape index (κ3) is 10.0. The van der Waals surface area contributed by atoms with Gasteiger partial charge in [0.15, 0.2) is 0 Å². The summed E-state index contributed by atoms with van der Waals surface area (Å²) in [6, 6.07) is -0.207. The Kier molecular flexibility index (Phi) is 10.4. The highest BCUT2D eigenvalue weighted by atomic mass is 19.4. The number of fused-ring (bicyclic) bond motifs is 2. The molecule has 16 heteroatoms. The van der Waals surface area contributed by atoms with Crippen LogP contribution in [0.2, 0.25) is 0 Å². The van der Waals surface area contributed by atoms with Gasteiger partial charge in [0.05, 0.1) is 0 Å². The number of amides is 4. The van der Waals surface area contributed by atoms with Crippen LogP contribution < -0.4 is 10.6 Å². The van der Waals surface area contributed by atoms with Gasteiger partial charge in [-0.2, -0.15) is 26.3 Å². The molecule has 0 radical (unpaired) electrons. The number of alkyl halides is 6. The van der Waals surface area contributed by atoms with Gasteiger partial charge < -0.3 is 29.9 Å². The molecule has 2 saturated heterocycles. The second kappa shape index (κ2) is 12.8. The van der Waals surface area contributed by atoms with E-state index < -0.39 is 47.6 Å². The first-order valence-electron chi connectivity index (χ1n) is 14.6. The van der Waals surface area contributed by atoms with Gasteiger partial charge in [-0.1, -0.05) is 0 Å². The minimum atomic E-state index is -4.81. The molecular formula is C28H42F6N4O6. The fourth-order valence-corrected chi connectivity index (χ4v) is 6.47. The summed E-state index contributed by atoms with van der Waals surface area (Å²) in [5, 5.41) is 5.50. The van der Waals surface area contributed by atoms with Gasteiger partial charge >= 0.3 is 36.4 Å². The first kappa shape index (κ1) is 35.5. The summed E-state index contributed by atoms with van der Waals surface area (Å²) < 4.78 is 84.8. The number of nitrogens with one attached hydrogen (secondary N) is 2. The van der Waals surface area contributed by atoms with E-state index in [1.54, 1.807) is 41.5 Å². The molecule has 4 aliphatic rings. The van der Waals surface area contributed by atoms with Crippen molar-refractivity contribution in [1.82, 2.24) is 20.4 Å². The lowest BCUT2D eigenvalue weighted by Crippen LogP contribution is -2.42. The van der Waals surface area contributed by atoms with Gasteiger partial charge in [-0.3, -0.25) is 9.59 Å². The molecule has 6 atom stereocenters. The largest absolute Gasteiger partial charge is 0.471 e. The molecule has 2 saturated carbocycles. The highest BCUT2D eigenvalue weighted by Crippen LogP contribution is 2.40. The number of hydrogen-bond acceptors (Lipinski definition) is 6. The molecule has 4 fully saturated rings. The Morgan fingerprint density at radius 3 is 1.00 bits per heavy atom. The van der Waals surface area contributed by atoms with Gasteiger partial charge in [-0.05, 0) is 90.9 Å². The molecule has 0 bridgehead atoms. The summed E-state index contributed by atoms with van der Waals surface area (Å²) in [7, 11) is 0. The maximum atomic E-state index is 12.4. The average Bonchev–Trinajstić information content (AvgIpc) is 3.54. The summed E-state index contributed by atoms with van der Waals surface area (Å²) in [4.78, 5) is 47.6. The SMILES string of the molecule is CC(C)(C)OC(=O)NC1C[C@@H]2CN(C(=O)C(F)(F)F)C[C@@H]2C1.CC(C)(C)OC(=O)NC1C[C@@H]2CN(C(=O)C(F)(F)F)C[C@@H]2C1. The van der Waals surface area contributed by atoms with E-state index in [9.17, 15) is 45.5 Å². The Hall–Kier alpha value is -2.94. The third-order valence-corrected chi connectivity index (χ3v) is 8.00. The van der Waals surface area contributed by atoms with Gasteiger partial charge in [-0.25, -0.2) is 9.59 Å². The molecule has 2 heterocycles. The number of nitrogens with zero attached hydrogens (tertiary/aromatic N) is 2. The molecule has 2 aliphatic carbocycles. The quantitative estimate of drug-likeness (QED) is 0.424. The van der Waals surface area contributed by atoms with Crippen LogP contribution >= 0.6 is 0 Å². The number of rotatable bonds is 2. The number of ether oxygens (including phenoxy) is 2. The monoisotopic (exact) mass is 644 g/mol. The first-order chi connectivity index (χ1) is 19.9. The van der Waals surface area contributed by atoms with E-state index in [0.29, 0.717) is 25.7 Å². The molecule has 252 valence electrons. The van der Waals surface area contributed by atoms with E-state index in [1.165, 1.54) is 0 Å². The smallest absolute Gasteiger partial charge is 0.444 e. The van der Waals surface area contributed by atoms with Gasteiger partial charge in [0.1, 0.15) is 11.2 Å². The zero-order valence-corrected chi connectivity index (χ0v) is 25.7. The van der Waals surface area contributed by atoms with Crippen LogP contribution in [0, 0.1) is 23.7 Å². The number of hydrogen-bond donors (Lipinski definition) is 2. The summed E-state index contributed by atoms with van der Waals surface area (Å²) >= 11 is 0. The minimum absolute atomic E-state index is 0.00577. The minimum Gasteiger partial charge on any atom is -0.444 e. The highest BCUT2D eigenvalue weighted by molar-refractivity contribution is 5.82. The number of likely N-dealkylation sites (tertiary alicyclic amines) is 2. The molecule has 2 N–H and O–H groups in total. The van der Waals surface area contributed by atoms with Crippen molar-refractivity contribution in [3.63, 3.8) is 0 Å². The molecule has 0 spiro atoms. The van der Waals surface area contributed by atoms with E-state index >= 15 is 0 Å². The normalized spacial score (nSPS) is 28.5. The average molecular weight is 645 g/mol. The van der Waals surface area contributed by atoms with E-state index in [4.69, 9.17) is 9.47 Å². The second-order valence-electron chi connectivity index (χ2n) is 14.1. The summed E-state index contributed by atoms with van der Waals surface area (Å²) in [5.74, 6) is -3.51. The molecule has 0 aromatic carbocycles. The van der Waals surface area contributed by atoms with Crippen molar-refractivity contribution < 1.29 is 55.0 Å². The van der Waals surface area contributed by atoms with Crippen molar-refractivity contribution in [2.75, 3.05) is 26.2 Å². The third-order valence-electron chi connectivity index (χ3n) is 8.00. The molecule has 4 amide bonds. The zero-order chi connectivity index (χ0) is 33.4. The van der Waals surface area contributed by atoms with Gasteiger partial charge in [0, 0.05) is 38.3 Å². The van der Waals surface area contributed by atoms with Crippen LogP contribution in [0.5, 0.6) is 0 Å². The molecule has 0 aromatic heterocycles. The standard InChI is InChI=1S/2C14H21F3N2O3/c2*1-13(2,3)22-12(21)18-10-4-8-6-19(7-9(8)5-10)11(20)14(15,16)17/h2*8-10H,4-7H2,1-3H3,(H,18,21)/t2*8-,9+,10?. The fourth-order valence-electron chi connectivity index (χ4n) is 6.47. The predicted molar refractivity (Wildman–Crippen MR) is 144 cm³/mol. The summed E-state index contributed by atoms with van der Waals surface area (Å²) in [6.45, 7) is 11.0. The number of alkyl carbamates (subject to hydrolysis) is 2. The van der Waals surface area contributed by atoms with Crippen molar-refractivity contribution >= 4 is 24.0 Å². The maximum absolute atomic E-state index is 12.4. The second-order valence-corrected chi connectivity index (χ2v) is 14.1. The van der Waals surface area contributed by atoms with Crippen molar-refractivity contribution in [3.8, 4) is 0 Å². The maximum Gasteiger partial charge on any atom is 0.471 e. The van der Waals surface area contributed by atoms with Crippen LogP contribution in [-0.4, -0.2) is 95.6 Å². The summed E-state index contributed by atoms with van der Waals surface area (Å²) in [6.07, 6.45) is -8.35. The van der Waals surface area contributed by atoms with E-state index in [-0.39, 0.29) is 61.9 Å². The lowest BCUT2D eigenvalue weighted by molar-refractivity contribution is -0.184. The molecule has 10 nitrogen and oxygen atoms in total. The molecule has 44 heavy (non-hydrogen) atoms. The van der Waals surface area contributed by atoms with Gasteiger partial charge in [0.2, 0.25) is 0 Å². The van der Waals surface area contributed by atoms with Crippen LogP contribution in [0.1, 0.15) is 67.2 Å². The summed E-state index contributed by atoms with van der Waals surface area (Å²) in [5.41, 5.74) is -1.18. The fraction of sp³-hybridized carbons (Fsp3) is 0.857. The Bertz CT molecular complexity index is 974. The van der Waals surface area contributed by atoms with Gasteiger partial charge in [-0.15, -0.1) is 0 Å². The van der Waals surface area contributed by atoms with E-state index in [1.807, 2.05) is 0 Å². The van der Waals surface area contributed by atoms with E-state index in [2.05, 4.69) is 10.6 Å². The van der Waals surface area contributed by atoms with E-state index in [0.717, 1.165) is 9.80 Å². The Morgan fingerprint density at radius 1 is 0.545 bits per heavy atom. The van der Waals surface area contributed by atoms with Crippen molar-refractivity contribution in [2.24, 2.45) is 23.7 Å². The first-order valence-corrected chi connectivity index (χ1v) is 14.6. The van der Waals surface area contributed by atoms with Crippen molar-refractivity contribution in [2.45, 2.75) is 103 Å². The predicted octanol–water partition coefficient (Wildman–Crippen LogP) is 4.62. The van der Waals surface area contributed by atoms with Crippen LogP contribution in [0.25, 0.3) is 0 Å². The molecular weight excluding hydrogens is 602 g/mol. The van der Waals surface area contributed by atoms with Gasteiger partial charge in [0.25, 0.3) is 0 Å². The highest BCUT2D eigenvalue weighted by Gasteiger charge is 2.51. The number of halogens is 6. The van der Waals surface area contributed by atoms with Crippen LogP contribution in [0.4, 0.5) is 35.9 Å². The number of carbonyl (C=O) groups is 4. The zero-order valence-electron chi connectivity index (χ0n) is 25.7. The molecule has 4 rings (SSSR count). The van der Waals surface area contributed by atoms with Crippen LogP contribution in [0.3, 0.4) is 0 Å². The lowest BCUT2D eigenvalue weighted by atomic mass is 10.0. The van der Waals surface area contributed by atoms with Crippen LogP contribution in [0.15, 0.2) is 0 Å². The topological polar surface area (TPSA) is 117 Å². The number of carbonyl (C=O) groups excluding carboxylic acids is 4. The molecule has 0 aromatic rings.